The van der Waals surface area contributed by atoms with Crippen LogP contribution in [0.3, 0.4) is 0 Å². The van der Waals surface area contributed by atoms with Crippen molar-refractivity contribution in [2.75, 3.05) is 26.7 Å². The Bertz CT molecular complexity index is 734. The number of hydrogen-bond acceptors (Lipinski definition) is 4. The molecule has 2 heterocycles. The van der Waals surface area contributed by atoms with Crippen molar-refractivity contribution in [3.63, 3.8) is 0 Å². The number of urea groups is 1. The summed E-state index contributed by atoms with van der Waals surface area (Å²) in [5.41, 5.74) is 1.43. The van der Waals surface area contributed by atoms with Gasteiger partial charge in [-0.25, -0.2) is 4.79 Å². The molecule has 1 atom stereocenters. The lowest BCUT2D eigenvalue weighted by atomic mass is 9.99. The lowest BCUT2D eigenvalue weighted by Gasteiger charge is -2.19. The minimum absolute atomic E-state index is 0. The van der Waals surface area contributed by atoms with Crippen molar-refractivity contribution in [2.24, 2.45) is 4.99 Å². The molecule has 1 fully saturated rings. The van der Waals surface area contributed by atoms with Gasteiger partial charge in [0.1, 0.15) is 5.54 Å². The van der Waals surface area contributed by atoms with Crippen molar-refractivity contribution in [1.82, 2.24) is 30.6 Å². The number of amides is 3. The molecule has 1 aliphatic heterocycles. The highest BCUT2D eigenvalue weighted by atomic mass is 127. The molecule has 0 spiro atoms. The van der Waals surface area contributed by atoms with E-state index in [-0.39, 0.29) is 35.9 Å². The summed E-state index contributed by atoms with van der Waals surface area (Å²) in [6, 6.07) is 1.77. The number of guanidine groups is 1. The maximum absolute atomic E-state index is 12.3. The van der Waals surface area contributed by atoms with Crippen molar-refractivity contribution in [3.8, 4) is 0 Å². The van der Waals surface area contributed by atoms with E-state index in [1.807, 2.05) is 18.5 Å². The fourth-order valence-electron chi connectivity index (χ4n) is 3.19. The number of carbonyl (C=O) groups is 2. The second kappa shape index (κ2) is 11.4. The number of aromatic nitrogens is 2. The number of aliphatic imine (C=N–C) groups is 1. The van der Waals surface area contributed by atoms with Crippen LogP contribution in [0.25, 0.3) is 0 Å². The zero-order valence-corrected chi connectivity index (χ0v) is 20.4. The first-order chi connectivity index (χ1) is 13.3. The summed E-state index contributed by atoms with van der Waals surface area (Å²) in [7, 11) is 1.72. The summed E-state index contributed by atoms with van der Waals surface area (Å²) >= 11 is 0. The number of carbonyl (C=O) groups excluding carboxylic acids is 2. The molecule has 0 aliphatic carbocycles. The highest BCUT2D eigenvalue weighted by Gasteiger charge is 2.45. The number of hydrogen-bond donors (Lipinski definition) is 3. The van der Waals surface area contributed by atoms with Crippen LogP contribution in [0.5, 0.6) is 0 Å². The third-order valence-electron chi connectivity index (χ3n) is 5.07. The molecule has 0 radical (unpaired) electrons. The van der Waals surface area contributed by atoms with E-state index in [1.54, 1.807) is 14.0 Å². The monoisotopic (exact) mass is 519 g/mol. The molecule has 0 bridgehead atoms. The molecule has 9 nitrogen and oxygen atoms in total. The molecule has 3 N–H and O–H groups in total. The van der Waals surface area contributed by atoms with E-state index in [0.717, 1.165) is 25.2 Å². The van der Waals surface area contributed by atoms with Gasteiger partial charge in [0.15, 0.2) is 5.96 Å². The Morgan fingerprint density at radius 3 is 2.31 bits per heavy atom. The Morgan fingerprint density at radius 1 is 1.21 bits per heavy atom. The highest BCUT2D eigenvalue weighted by molar-refractivity contribution is 14.0. The van der Waals surface area contributed by atoms with Gasteiger partial charge in [0.25, 0.3) is 5.91 Å². The molecule has 1 aromatic heterocycles. The third-order valence-corrected chi connectivity index (χ3v) is 5.07. The first-order valence-electron chi connectivity index (χ1n) is 9.90. The average Bonchev–Trinajstić information content (AvgIpc) is 3.09. The third kappa shape index (κ3) is 6.58. The summed E-state index contributed by atoms with van der Waals surface area (Å²) in [6.07, 6.45) is 2.17. The largest absolute Gasteiger partial charge is 0.356 e. The van der Waals surface area contributed by atoms with Gasteiger partial charge in [-0.1, -0.05) is 6.92 Å². The minimum atomic E-state index is -0.770. The van der Waals surface area contributed by atoms with Gasteiger partial charge in [-0.15, -0.1) is 24.0 Å². The maximum Gasteiger partial charge on any atom is 0.325 e. The molecule has 1 saturated heterocycles. The molecule has 29 heavy (non-hydrogen) atoms. The van der Waals surface area contributed by atoms with Crippen LogP contribution >= 0.6 is 24.0 Å². The number of imide groups is 1. The molecule has 10 heteroatoms. The van der Waals surface area contributed by atoms with Gasteiger partial charge in [0, 0.05) is 38.9 Å². The van der Waals surface area contributed by atoms with Crippen LogP contribution in [0.4, 0.5) is 4.79 Å². The molecule has 0 saturated carbocycles. The van der Waals surface area contributed by atoms with E-state index in [1.165, 1.54) is 10.6 Å². The normalized spacial score (nSPS) is 19.2. The summed E-state index contributed by atoms with van der Waals surface area (Å²) in [5, 5.41) is 13.7. The average molecular weight is 519 g/mol. The van der Waals surface area contributed by atoms with Crippen LogP contribution < -0.4 is 16.0 Å². The smallest absolute Gasteiger partial charge is 0.325 e. The fourth-order valence-corrected chi connectivity index (χ4v) is 3.19. The first kappa shape index (κ1) is 25.2. The molecule has 1 aliphatic rings. The molecule has 164 valence electrons. The molecule has 1 aromatic rings. The van der Waals surface area contributed by atoms with E-state index in [9.17, 15) is 9.59 Å². The summed E-state index contributed by atoms with van der Waals surface area (Å²) in [6.45, 7) is 10.4. The van der Waals surface area contributed by atoms with Crippen LogP contribution in [-0.4, -0.2) is 64.8 Å². The second-order valence-electron chi connectivity index (χ2n) is 7.36. The molecule has 2 rings (SSSR count). The lowest BCUT2D eigenvalue weighted by Crippen LogP contribution is -2.43. The number of aryl methyl sites for hydroxylation is 3. The molecular weight excluding hydrogens is 485 g/mol. The maximum atomic E-state index is 12.3. The Kier molecular flexibility index (Phi) is 9.87. The van der Waals surface area contributed by atoms with Crippen molar-refractivity contribution < 1.29 is 9.59 Å². The predicted octanol–water partition coefficient (Wildman–Crippen LogP) is 1.78. The zero-order chi connectivity index (χ0) is 20.7. The van der Waals surface area contributed by atoms with Crippen molar-refractivity contribution in [2.45, 2.75) is 59.0 Å². The summed E-state index contributed by atoms with van der Waals surface area (Å²) < 4.78 is 2.01. The van der Waals surface area contributed by atoms with E-state index >= 15 is 0 Å². The van der Waals surface area contributed by atoms with Gasteiger partial charge >= 0.3 is 6.03 Å². The summed E-state index contributed by atoms with van der Waals surface area (Å²) in [4.78, 5) is 29.8. The van der Waals surface area contributed by atoms with E-state index < -0.39 is 5.54 Å². The molecule has 0 aromatic carbocycles. The standard InChI is InChI=1S/C19H33N7O2.HI/c1-6-19(4)16(27)25(18(28)23-19)11-7-9-21-17(20-5)22-10-8-12-26-15(3)13-14(2)24-26;/h13H,6-12H2,1-5H3,(H,23,28)(H2,20,21,22);1H. The first-order valence-corrected chi connectivity index (χ1v) is 9.90. The summed E-state index contributed by atoms with van der Waals surface area (Å²) in [5.74, 6) is 0.565. The molecule has 1 unspecified atom stereocenters. The number of nitrogens with zero attached hydrogens (tertiary/aromatic N) is 4. The Labute approximate surface area is 190 Å². The number of halogens is 1. The Hall–Kier alpha value is -1.85. The SMILES string of the molecule is CCC1(C)NC(=O)N(CCCNC(=NC)NCCCn2nc(C)cc2C)C1=O.I. The van der Waals surface area contributed by atoms with Crippen molar-refractivity contribution in [3.05, 3.63) is 17.5 Å². The Balaban J connectivity index is 0.00000420. The van der Waals surface area contributed by atoms with Crippen LogP contribution in [0.1, 0.15) is 44.5 Å². The van der Waals surface area contributed by atoms with Gasteiger partial charge in [0.05, 0.1) is 5.69 Å². The number of rotatable bonds is 9. The van der Waals surface area contributed by atoms with Crippen LogP contribution in [0, 0.1) is 13.8 Å². The number of nitrogens with one attached hydrogen (secondary N) is 3. The van der Waals surface area contributed by atoms with E-state index in [4.69, 9.17) is 0 Å². The highest BCUT2D eigenvalue weighted by Crippen LogP contribution is 2.20. The Morgan fingerprint density at radius 2 is 1.83 bits per heavy atom. The molecular formula is C19H34IN7O2. The minimum Gasteiger partial charge on any atom is -0.356 e. The zero-order valence-electron chi connectivity index (χ0n) is 18.0. The second-order valence-corrected chi connectivity index (χ2v) is 7.36. The van der Waals surface area contributed by atoms with Crippen molar-refractivity contribution >= 4 is 41.9 Å². The van der Waals surface area contributed by atoms with Crippen LogP contribution in [0.2, 0.25) is 0 Å². The van der Waals surface area contributed by atoms with Gasteiger partial charge in [-0.3, -0.25) is 19.4 Å². The van der Waals surface area contributed by atoms with Crippen LogP contribution in [0.15, 0.2) is 11.1 Å². The van der Waals surface area contributed by atoms with E-state index in [2.05, 4.69) is 39.0 Å². The van der Waals surface area contributed by atoms with Gasteiger partial charge in [-0.2, -0.15) is 5.10 Å². The lowest BCUT2D eigenvalue weighted by molar-refractivity contribution is -0.130. The van der Waals surface area contributed by atoms with E-state index in [0.29, 0.717) is 31.9 Å². The quantitative estimate of drug-likeness (QED) is 0.152. The van der Waals surface area contributed by atoms with Gasteiger partial charge in [0.2, 0.25) is 0 Å². The predicted molar refractivity (Wildman–Crippen MR) is 125 cm³/mol. The van der Waals surface area contributed by atoms with Gasteiger partial charge < -0.3 is 16.0 Å². The molecule has 3 amide bonds. The van der Waals surface area contributed by atoms with Gasteiger partial charge in [-0.05, 0) is 46.1 Å². The van der Waals surface area contributed by atoms with Crippen LogP contribution in [-0.2, 0) is 11.3 Å². The topological polar surface area (TPSA) is 104 Å². The fraction of sp³-hybridized carbons (Fsp3) is 0.684. The van der Waals surface area contributed by atoms with Crippen molar-refractivity contribution in [1.29, 1.82) is 0 Å².